The van der Waals surface area contributed by atoms with E-state index >= 15 is 0 Å². The molecule has 0 N–H and O–H groups in total. The van der Waals surface area contributed by atoms with E-state index in [1.807, 2.05) is 24.3 Å². The molecule has 0 aromatic heterocycles. The summed E-state index contributed by atoms with van der Waals surface area (Å²) in [4.78, 5) is 0. The van der Waals surface area contributed by atoms with Crippen molar-refractivity contribution in [2.75, 3.05) is 14.1 Å². The highest BCUT2D eigenvalue weighted by Crippen LogP contribution is 2.27. The molecule has 0 radical (unpaired) electrons. The zero-order valence-corrected chi connectivity index (χ0v) is 7.10. The smallest absolute Gasteiger partial charge is 0.113 e. The van der Waals surface area contributed by atoms with Crippen LogP contribution in [0.5, 0.6) is 0 Å². The third-order valence-corrected chi connectivity index (χ3v) is 1.30. The van der Waals surface area contributed by atoms with Crippen LogP contribution in [0.4, 0.5) is 11.4 Å². The number of azo groups is 2. The van der Waals surface area contributed by atoms with Crippen molar-refractivity contribution in [3.63, 3.8) is 0 Å². The molecular weight excluding hydrogens is 152 g/mol. The minimum absolute atomic E-state index is 0.741. The van der Waals surface area contributed by atoms with E-state index in [2.05, 4.69) is 20.5 Å². The van der Waals surface area contributed by atoms with Crippen LogP contribution in [-0.4, -0.2) is 14.1 Å². The molecule has 0 saturated carbocycles. The molecule has 0 heterocycles. The summed E-state index contributed by atoms with van der Waals surface area (Å²) in [7, 11) is 3.25. The molecule has 0 aliphatic heterocycles. The Bertz CT molecular complexity index is 273. The Morgan fingerprint density at radius 1 is 0.833 bits per heavy atom. The van der Waals surface area contributed by atoms with Gasteiger partial charge in [0.2, 0.25) is 0 Å². The number of nitrogens with zero attached hydrogens (tertiary/aromatic N) is 4. The first-order chi connectivity index (χ1) is 5.88. The molecular formula is C8H10N4. The van der Waals surface area contributed by atoms with Gasteiger partial charge in [-0.3, -0.25) is 0 Å². The van der Waals surface area contributed by atoms with Crippen molar-refractivity contribution in [2.24, 2.45) is 20.5 Å². The molecule has 0 aliphatic carbocycles. The lowest BCUT2D eigenvalue weighted by molar-refractivity contribution is 1.13. The Morgan fingerprint density at radius 2 is 1.25 bits per heavy atom. The Labute approximate surface area is 71.1 Å². The van der Waals surface area contributed by atoms with Crippen molar-refractivity contribution in [2.45, 2.75) is 0 Å². The van der Waals surface area contributed by atoms with Crippen molar-refractivity contribution in [1.29, 1.82) is 0 Å². The molecule has 62 valence electrons. The number of benzene rings is 1. The maximum absolute atomic E-state index is 3.90. The normalized spacial score (nSPS) is 11.5. The molecule has 0 amide bonds. The summed E-state index contributed by atoms with van der Waals surface area (Å²) in [6.07, 6.45) is 0. The Hall–Kier alpha value is -1.58. The van der Waals surface area contributed by atoms with E-state index in [0.29, 0.717) is 0 Å². The summed E-state index contributed by atoms with van der Waals surface area (Å²) in [6.45, 7) is 0. The minimum atomic E-state index is 0.741. The molecule has 1 rings (SSSR count). The highest BCUT2D eigenvalue weighted by Gasteiger charge is 1.96. The SMILES string of the molecule is CN=Nc1ccccc1N=NC. The van der Waals surface area contributed by atoms with Crippen LogP contribution < -0.4 is 0 Å². The molecule has 4 heteroatoms. The lowest BCUT2D eigenvalue weighted by atomic mass is 10.3. The molecule has 1 aromatic rings. The fraction of sp³-hybridized carbons (Fsp3) is 0.250. The van der Waals surface area contributed by atoms with Crippen LogP contribution in [0.1, 0.15) is 0 Å². The standard InChI is InChI=1S/C8H10N4/c1-9-11-7-5-3-4-6-8(7)12-10-2/h3-6H,1-2H3. The van der Waals surface area contributed by atoms with Gasteiger partial charge < -0.3 is 0 Å². The fourth-order valence-electron chi connectivity index (χ4n) is 0.849. The van der Waals surface area contributed by atoms with Gasteiger partial charge in [-0.05, 0) is 12.1 Å². The van der Waals surface area contributed by atoms with E-state index in [1.54, 1.807) is 14.1 Å². The lowest BCUT2D eigenvalue weighted by Crippen LogP contribution is -1.65. The Balaban J connectivity index is 3.08. The Morgan fingerprint density at radius 3 is 1.58 bits per heavy atom. The summed E-state index contributed by atoms with van der Waals surface area (Å²) >= 11 is 0. The second kappa shape index (κ2) is 4.33. The fourth-order valence-corrected chi connectivity index (χ4v) is 0.849. The first kappa shape index (κ1) is 8.52. The highest BCUT2D eigenvalue weighted by atomic mass is 15.1. The van der Waals surface area contributed by atoms with Crippen LogP contribution in [0, 0.1) is 0 Å². The zero-order chi connectivity index (χ0) is 8.81. The third-order valence-electron chi connectivity index (χ3n) is 1.30. The average Bonchev–Trinajstić information content (AvgIpc) is 2.09. The molecule has 0 bridgehead atoms. The highest BCUT2D eigenvalue weighted by molar-refractivity contribution is 5.60. The van der Waals surface area contributed by atoms with Crippen LogP contribution in [-0.2, 0) is 0 Å². The van der Waals surface area contributed by atoms with Gasteiger partial charge in [0, 0.05) is 14.1 Å². The molecule has 0 unspecified atom stereocenters. The number of hydrogen-bond acceptors (Lipinski definition) is 4. The van der Waals surface area contributed by atoms with Crippen molar-refractivity contribution in [3.05, 3.63) is 24.3 Å². The van der Waals surface area contributed by atoms with E-state index in [9.17, 15) is 0 Å². The predicted molar refractivity (Wildman–Crippen MR) is 47.3 cm³/mol. The van der Waals surface area contributed by atoms with Gasteiger partial charge in [0.25, 0.3) is 0 Å². The van der Waals surface area contributed by atoms with E-state index in [1.165, 1.54) is 0 Å². The first-order valence-electron chi connectivity index (χ1n) is 3.57. The third kappa shape index (κ3) is 1.95. The molecule has 4 nitrogen and oxygen atoms in total. The summed E-state index contributed by atoms with van der Waals surface area (Å²) in [5.74, 6) is 0. The minimum Gasteiger partial charge on any atom is -0.192 e. The van der Waals surface area contributed by atoms with Gasteiger partial charge in [-0.1, -0.05) is 12.1 Å². The van der Waals surface area contributed by atoms with Gasteiger partial charge in [0.05, 0.1) is 0 Å². The maximum atomic E-state index is 3.90. The van der Waals surface area contributed by atoms with Gasteiger partial charge in [0.15, 0.2) is 0 Å². The summed E-state index contributed by atoms with van der Waals surface area (Å²) in [5.41, 5.74) is 1.48. The maximum Gasteiger partial charge on any atom is 0.113 e. The van der Waals surface area contributed by atoms with E-state index in [4.69, 9.17) is 0 Å². The summed E-state index contributed by atoms with van der Waals surface area (Å²) in [6, 6.07) is 7.46. The van der Waals surface area contributed by atoms with Crippen molar-refractivity contribution < 1.29 is 0 Å². The van der Waals surface area contributed by atoms with Crippen LogP contribution >= 0.6 is 0 Å². The quantitative estimate of drug-likeness (QED) is 0.600. The lowest BCUT2D eigenvalue weighted by Gasteiger charge is -1.94. The van der Waals surface area contributed by atoms with E-state index in [0.717, 1.165) is 11.4 Å². The predicted octanol–water partition coefficient (Wildman–Crippen LogP) is 3.11. The van der Waals surface area contributed by atoms with Crippen LogP contribution in [0.25, 0.3) is 0 Å². The second-order valence-corrected chi connectivity index (χ2v) is 2.09. The summed E-state index contributed by atoms with van der Waals surface area (Å²) in [5, 5.41) is 15.1. The molecule has 12 heavy (non-hydrogen) atoms. The number of rotatable bonds is 2. The van der Waals surface area contributed by atoms with Crippen LogP contribution in [0.3, 0.4) is 0 Å². The monoisotopic (exact) mass is 162 g/mol. The Kier molecular flexibility index (Phi) is 3.07. The molecule has 0 atom stereocenters. The van der Waals surface area contributed by atoms with Gasteiger partial charge in [-0.15, -0.1) is 0 Å². The van der Waals surface area contributed by atoms with Gasteiger partial charge in [-0.2, -0.15) is 20.5 Å². The van der Waals surface area contributed by atoms with Crippen molar-refractivity contribution >= 4 is 11.4 Å². The van der Waals surface area contributed by atoms with Gasteiger partial charge in [0.1, 0.15) is 11.4 Å². The van der Waals surface area contributed by atoms with Crippen LogP contribution in [0.15, 0.2) is 44.7 Å². The van der Waals surface area contributed by atoms with Gasteiger partial charge >= 0.3 is 0 Å². The summed E-state index contributed by atoms with van der Waals surface area (Å²) < 4.78 is 0. The van der Waals surface area contributed by atoms with Gasteiger partial charge in [-0.25, -0.2) is 0 Å². The molecule has 0 spiro atoms. The zero-order valence-electron chi connectivity index (χ0n) is 7.10. The topological polar surface area (TPSA) is 49.4 Å². The second-order valence-electron chi connectivity index (χ2n) is 2.09. The largest absolute Gasteiger partial charge is 0.192 e. The van der Waals surface area contributed by atoms with Crippen molar-refractivity contribution in [3.8, 4) is 0 Å². The van der Waals surface area contributed by atoms with Crippen LogP contribution in [0.2, 0.25) is 0 Å². The molecule has 0 aliphatic rings. The van der Waals surface area contributed by atoms with E-state index in [-0.39, 0.29) is 0 Å². The first-order valence-corrected chi connectivity index (χ1v) is 3.57. The van der Waals surface area contributed by atoms with E-state index < -0.39 is 0 Å². The average molecular weight is 162 g/mol. The molecule has 1 aromatic carbocycles. The number of hydrogen-bond donors (Lipinski definition) is 0. The molecule has 0 saturated heterocycles. The molecule has 0 fully saturated rings. The van der Waals surface area contributed by atoms with Crippen molar-refractivity contribution in [1.82, 2.24) is 0 Å².